The van der Waals surface area contributed by atoms with E-state index in [-0.39, 0.29) is 19.3 Å². The molecule has 0 rings (SSSR count). The van der Waals surface area contributed by atoms with E-state index < -0.39 is 11.6 Å². The standard InChI is InChI=1S/C7H8O4/c8-4-1-2-6(10)7(11)3-5-9/h4-5H,1-3H2. The number of hydrogen-bond acceptors (Lipinski definition) is 4. The molecule has 0 aliphatic carbocycles. The van der Waals surface area contributed by atoms with Crippen LogP contribution in [0.1, 0.15) is 19.3 Å². The van der Waals surface area contributed by atoms with E-state index in [9.17, 15) is 19.2 Å². The van der Waals surface area contributed by atoms with Gasteiger partial charge >= 0.3 is 0 Å². The molecule has 4 nitrogen and oxygen atoms in total. The molecular weight excluding hydrogens is 148 g/mol. The van der Waals surface area contributed by atoms with Crippen molar-refractivity contribution in [3.8, 4) is 0 Å². The van der Waals surface area contributed by atoms with Crippen LogP contribution in [0.5, 0.6) is 0 Å². The van der Waals surface area contributed by atoms with Crippen molar-refractivity contribution in [1.82, 2.24) is 0 Å². The van der Waals surface area contributed by atoms with Crippen LogP contribution in [0.4, 0.5) is 0 Å². The fourth-order valence-electron chi connectivity index (χ4n) is 0.519. The summed E-state index contributed by atoms with van der Waals surface area (Å²) in [6.45, 7) is 0. The summed E-state index contributed by atoms with van der Waals surface area (Å²) in [7, 11) is 0. The zero-order valence-corrected chi connectivity index (χ0v) is 5.91. The van der Waals surface area contributed by atoms with Gasteiger partial charge in [0.05, 0.1) is 6.42 Å². The molecule has 0 fully saturated rings. The molecule has 0 amide bonds. The average molecular weight is 156 g/mol. The fraction of sp³-hybridized carbons (Fsp3) is 0.429. The van der Waals surface area contributed by atoms with Gasteiger partial charge in [0.1, 0.15) is 12.6 Å². The SMILES string of the molecule is O=CCCC(=O)C(=O)CC=O. The molecule has 0 radical (unpaired) electrons. The maximum absolute atomic E-state index is 10.6. The zero-order chi connectivity index (χ0) is 8.69. The number of hydrogen-bond donors (Lipinski definition) is 0. The first-order valence-corrected chi connectivity index (χ1v) is 3.15. The maximum atomic E-state index is 10.6. The molecule has 0 aromatic carbocycles. The number of ketones is 2. The molecule has 0 aromatic heterocycles. The summed E-state index contributed by atoms with van der Waals surface area (Å²) >= 11 is 0. The number of carbonyl (C=O) groups is 4. The van der Waals surface area contributed by atoms with Crippen molar-refractivity contribution in [3.05, 3.63) is 0 Å². The highest BCUT2D eigenvalue weighted by Crippen LogP contribution is 1.91. The topological polar surface area (TPSA) is 68.3 Å². The smallest absolute Gasteiger partial charge is 0.205 e. The van der Waals surface area contributed by atoms with E-state index in [1.807, 2.05) is 0 Å². The van der Waals surface area contributed by atoms with Gasteiger partial charge < -0.3 is 9.59 Å². The Morgan fingerprint density at radius 3 is 2.09 bits per heavy atom. The van der Waals surface area contributed by atoms with Gasteiger partial charge in [-0.2, -0.15) is 0 Å². The van der Waals surface area contributed by atoms with E-state index in [0.717, 1.165) is 0 Å². The summed E-state index contributed by atoms with van der Waals surface area (Å²) < 4.78 is 0. The summed E-state index contributed by atoms with van der Waals surface area (Å²) in [6.07, 6.45) is 0.518. The molecule has 11 heavy (non-hydrogen) atoms. The van der Waals surface area contributed by atoms with Crippen molar-refractivity contribution in [2.75, 3.05) is 0 Å². The molecule has 0 unspecified atom stereocenters. The van der Waals surface area contributed by atoms with Crippen molar-refractivity contribution in [2.24, 2.45) is 0 Å². The second kappa shape index (κ2) is 5.46. The van der Waals surface area contributed by atoms with Crippen molar-refractivity contribution < 1.29 is 19.2 Å². The average Bonchev–Trinajstić information content (AvgIpc) is 2.00. The molecular formula is C7H8O4. The third-order valence-corrected chi connectivity index (χ3v) is 1.07. The van der Waals surface area contributed by atoms with E-state index >= 15 is 0 Å². The first-order chi connectivity index (χ1) is 5.22. The van der Waals surface area contributed by atoms with Crippen LogP contribution in [0, 0.1) is 0 Å². The summed E-state index contributed by atoms with van der Waals surface area (Å²) in [5.74, 6) is -1.37. The molecule has 0 aromatic rings. The zero-order valence-electron chi connectivity index (χ0n) is 5.91. The minimum atomic E-state index is -0.721. The van der Waals surface area contributed by atoms with E-state index in [4.69, 9.17) is 0 Å². The van der Waals surface area contributed by atoms with Gasteiger partial charge in [-0.25, -0.2) is 0 Å². The molecule has 0 heterocycles. The number of rotatable bonds is 6. The minimum absolute atomic E-state index is 0.0451. The second-order valence-electron chi connectivity index (χ2n) is 1.92. The third-order valence-electron chi connectivity index (χ3n) is 1.07. The van der Waals surface area contributed by atoms with Gasteiger partial charge in [-0.3, -0.25) is 9.59 Å². The molecule has 0 saturated heterocycles. The first-order valence-electron chi connectivity index (χ1n) is 3.15. The van der Waals surface area contributed by atoms with Crippen LogP contribution >= 0.6 is 0 Å². The highest BCUT2D eigenvalue weighted by molar-refractivity contribution is 6.39. The van der Waals surface area contributed by atoms with Crippen molar-refractivity contribution in [3.63, 3.8) is 0 Å². The molecule has 0 atom stereocenters. The predicted molar refractivity (Wildman–Crippen MR) is 36.0 cm³/mol. The lowest BCUT2D eigenvalue weighted by Gasteiger charge is -1.90. The lowest BCUT2D eigenvalue weighted by Crippen LogP contribution is -2.13. The van der Waals surface area contributed by atoms with Gasteiger partial charge in [-0.05, 0) is 0 Å². The molecule has 0 spiro atoms. The Kier molecular flexibility index (Phi) is 4.81. The van der Waals surface area contributed by atoms with Crippen LogP contribution in [-0.2, 0) is 19.2 Å². The number of carbonyl (C=O) groups excluding carboxylic acids is 4. The molecule has 0 bridgehead atoms. The van der Waals surface area contributed by atoms with Gasteiger partial charge in [0.15, 0.2) is 5.78 Å². The van der Waals surface area contributed by atoms with Crippen molar-refractivity contribution in [1.29, 1.82) is 0 Å². The summed E-state index contributed by atoms with van der Waals surface area (Å²) in [5.41, 5.74) is 0. The Morgan fingerprint density at radius 2 is 1.64 bits per heavy atom. The molecule has 0 aliphatic heterocycles. The third kappa shape index (κ3) is 4.13. The van der Waals surface area contributed by atoms with Crippen LogP contribution in [0.3, 0.4) is 0 Å². The number of Topliss-reactive ketones (excluding diaryl/α,β-unsaturated/α-hetero) is 2. The van der Waals surface area contributed by atoms with Crippen LogP contribution in [0.15, 0.2) is 0 Å². The van der Waals surface area contributed by atoms with Crippen molar-refractivity contribution >= 4 is 24.1 Å². The summed E-state index contributed by atoms with van der Waals surface area (Å²) in [6, 6.07) is 0. The predicted octanol–water partition coefficient (Wildman–Crippen LogP) is -0.307. The Balaban J connectivity index is 3.72. The lowest BCUT2D eigenvalue weighted by atomic mass is 10.1. The Morgan fingerprint density at radius 1 is 1.00 bits per heavy atom. The summed E-state index contributed by atoms with van der Waals surface area (Å²) in [5, 5.41) is 0. The van der Waals surface area contributed by atoms with Gasteiger partial charge in [-0.1, -0.05) is 0 Å². The second-order valence-corrected chi connectivity index (χ2v) is 1.92. The van der Waals surface area contributed by atoms with E-state index in [1.165, 1.54) is 0 Å². The van der Waals surface area contributed by atoms with Crippen LogP contribution < -0.4 is 0 Å². The fourth-order valence-corrected chi connectivity index (χ4v) is 0.519. The Labute approximate surface area is 63.6 Å². The highest BCUT2D eigenvalue weighted by atomic mass is 16.2. The molecule has 4 heteroatoms. The van der Waals surface area contributed by atoms with E-state index in [1.54, 1.807) is 0 Å². The van der Waals surface area contributed by atoms with E-state index in [0.29, 0.717) is 12.6 Å². The normalized spacial score (nSPS) is 8.73. The Bertz CT molecular complexity index is 183. The van der Waals surface area contributed by atoms with Crippen LogP contribution in [0.2, 0.25) is 0 Å². The van der Waals surface area contributed by atoms with Gasteiger partial charge in [-0.15, -0.1) is 0 Å². The van der Waals surface area contributed by atoms with E-state index in [2.05, 4.69) is 0 Å². The monoisotopic (exact) mass is 156 g/mol. The highest BCUT2D eigenvalue weighted by Gasteiger charge is 2.11. The van der Waals surface area contributed by atoms with Crippen LogP contribution in [0.25, 0.3) is 0 Å². The summed E-state index contributed by atoms with van der Waals surface area (Å²) in [4.78, 5) is 40.7. The first kappa shape index (κ1) is 9.68. The van der Waals surface area contributed by atoms with Gasteiger partial charge in [0, 0.05) is 12.8 Å². The van der Waals surface area contributed by atoms with Crippen LogP contribution in [-0.4, -0.2) is 24.1 Å². The lowest BCUT2D eigenvalue weighted by molar-refractivity contribution is -0.137. The largest absolute Gasteiger partial charge is 0.303 e. The molecule has 0 N–H and O–H groups in total. The molecule has 0 saturated carbocycles. The molecule has 0 aliphatic rings. The van der Waals surface area contributed by atoms with Gasteiger partial charge in [0.2, 0.25) is 5.78 Å². The van der Waals surface area contributed by atoms with Gasteiger partial charge in [0.25, 0.3) is 0 Å². The number of aldehydes is 2. The molecule has 60 valence electrons. The quantitative estimate of drug-likeness (QED) is 0.300. The minimum Gasteiger partial charge on any atom is -0.303 e. The maximum Gasteiger partial charge on any atom is 0.205 e. The van der Waals surface area contributed by atoms with Crippen molar-refractivity contribution in [2.45, 2.75) is 19.3 Å². The Hall–Kier alpha value is -1.32.